The molecule has 0 unspecified atom stereocenters. The number of anilines is 4. The monoisotopic (exact) mass is 702 g/mol. The molecule has 4 aromatic carbocycles. The quantitative estimate of drug-likeness (QED) is 0.101. The Morgan fingerprint density at radius 2 is 0.860 bits per heavy atom. The van der Waals surface area contributed by atoms with Crippen LogP contribution in [0, 0.1) is 0 Å². The summed E-state index contributed by atoms with van der Waals surface area (Å²) in [7, 11) is 0. The Kier molecular flexibility index (Phi) is 13.3. The zero-order valence-electron chi connectivity index (χ0n) is 27.2. The topological polar surface area (TPSA) is 108 Å². The van der Waals surface area contributed by atoms with Crippen LogP contribution in [-0.4, -0.2) is 34.9 Å². The average molecular weight is 704 g/mol. The standard InChI is InChI=1S/2C20H18ClN3O/c2*21-16-8-10-17(11-9-16)24-20(25)18-7-4-13-22-19(18)23-14-12-15-5-2-1-3-6-15/h2*1-11,13H,12,14H2,(H,22,23)(H,24,25). The third-order valence-corrected chi connectivity index (χ3v) is 7.91. The van der Waals surface area contributed by atoms with Crippen molar-refractivity contribution in [2.24, 2.45) is 0 Å². The van der Waals surface area contributed by atoms with Gasteiger partial charge in [-0.15, -0.1) is 0 Å². The molecule has 2 amide bonds. The molecule has 0 aliphatic heterocycles. The maximum atomic E-state index is 12.5. The molecule has 4 N–H and O–H groups in total. The Hall–Kier alpha value is -5.70. The predicted octanol–water partition coefficient (Wildman–Crippen LogP) is 9.28. The van der Waals surface area contributed by atoms with Gasteiger partial charge in [-0.3, -0.25) is 9.59 Å². The minimum atomic E-state index is -0.211. The summed E-state index contributed by atoms with van der Waals surface area (Å²) in [5.74, 6) is 0.727. The van der Waals surface area contributed by atoms with Crippen molar-refractivity contribution in [3.05, 3.63) is 178 Å². The lowest BCUT2D eigenvalue weighted by atomic mass is 10.1. The number of carbonyl (C=O) groups is 2. The van der Waals surface area contributed by atoms with E-state index in [1.54, 1.807) is 85.2 Å². The average Bonchev–Trinajstić information content (AvgIpc) is 3.15. The van der Waals surface area contributed by atoms with Gasteiger partial charge in [0.1, 0.15) is 11.6 Å². The Bertz CT molecular complexity index is 1810. The molecule has 6 rings (SSSR count). The summed E-state index contributed by atoms with van der Waals surface area (Å²) in [6.45, 7) is 1.39. The Morgan fingerprint density at radius 1 is 0.480 bits per heavy atom. The van der Waals surface area contributed by atoms with Crippen LogP contribution in [0.1, 0.15) is 31.8 Å². The number of amides is 2. The lowest BCUT2D eigenvalue weighted by Crippen LogP contribution is -2.16. The molecule has 0 radical (unpaired) electrons. The van der Waals surface area contributed by atoms with Crippen LogP contribution in [0.15, 0.2) is 146 Å². The van der Waals surface area contributed by atoms with Crippen molar-refractivity contribution in [1.82, 2.24) is 9.97 Å². The summed E-state index contributed by atoms with van der Waals surface area (Å²) in [6, 6.07) is 41.4. The maximum absolute atomic E-state index is 12.5. The minimum absolute atomic E-state index is 0.211. The smallest absolute Gasteiger partial charge is 0.259 e. The number of aromatic nitrogens is 2. The summed E-state index contributed by atoms with van der Waals surface area (Å²) in [5.41, 5.74) is 4.86. The van der Waals surface area contributed by atoms with E-state index in [2.05, 4.69) is 55.5 Å². The number of pyridine rings is 2. The molecule has 0 atom stereocenters. The van der Waals surface area contributed by atoms with E-state index in [-0.39, 0.29) is 11.8 Å². The normalized spacial score (nSPS) is 10.3. The van der Waals surface area contributed by atoms with Crippen molar-refractivity contribution >= 4 is 58.0 Å². The summed E-state index contributed by atoms with van der Waals surface area (Å²) < 4.78 is 0. The summed E-state index contributed by atoms with van der Waals surface area (Å²) >= 11 is 11.7. The highest BCUT2D eigenvalue weighted by Gasteiger charge is 2.13. The number of hydrogen-bond acceptors (Lipinski definition) is 6. The first-order valence-electron chi connectivity index (χ1n) is 16.0. The fourth-order valence-corrected chi connectivity index (χ4v) is 5.11. The van der Waals surface area contributed by atoms with Crippen LogP contribution < -0.4 is 21.3 Å². The predicted molar refractivity (Wildman–Crippen MR) is 205 cm³/mol. The lowest BCUT2D eigenvalue weighted by Gasteiger charge is -2.11. The van der Waals surface area contributed by atoms with Crippen LogP contribution in [0.25, 0.3) is 0 Å². The molecular formula is C40H36Cl2N6O2. The van der Waals surface area contributed by atoms with E-state index in [0.717, 1.165) is 12.8 Å². The highest BCUT2D eigenvalue weighted by Crippen LogP contribution is 2.19. The first-order valence-corrected chi connectivity index (χ1v) is 16.8. The molecule has 8 nitrogen and oxygen atoms in total. The lowest BCUT2D eigenvalue weighted by molar-refractivity contribution is 0.101. The second kappa shape index (κ2) is 18.7. The second-order valence-corrected chi connectivity index (χ2v) is 11.9. The Morgan fingerprint density at radius 3 is 1.24 bits per heavy atom. The highest BCUT2D eigenvalue weighted by molar-refractivity contribution is 6.31. The van der Waals surface area contributed by atoms with Crippen LogP contribution in [0.5, 0.6) is 0 Å². The number of benzene rings is 4. The molecule has 0 aliphatic rings. The first-order chi connectivity index (χ1) is 24.4. The van der Waals surface area contributed by atoms with E-state index in [0.29, 0.717) is 57.3 Å². The third kappa shape index (κ3) is 11.2. The van der Waals surface area contributed by atoms with E-state index < -0.39 is 0 Å². The van der Waals surface area contributed by atoms with Crippen LogP contribution in [-0.2, 0) is 12.8 Å². The van der Waals surface area contributed by atoms with Crippen molar-refractivity contribution in [1.29, 1.82) is 0 Å². The van der Waals surface area contributed by atoms with Gasteiger partial charge in [0.25, 0.3) is 11.8 Å². The number of carbonyl (C=O) groups excluding carboxylic acids is 2. The molecule has 2 aromatic heterocycles. The molecule has 0 saturated heterocycles. The number of nitrogens with zero attached hydrogens (tertiary/aromatic N) is 2. The van der Waals surface area contributed by atoms with Gasteiger partial charge in [0, 0.05) is 46.9 Å². The number of rotatable bonds is 12. The highest BCUT2D eigenvalue weighted by atomic mass is 35.5. The van der Waals surface area contributed by atoms with Gasteiger partial charge in [-0.05, 0) is 96.8 Å². The summed E-state index contributed by atoms with van der Waals surface area (Å²) in [5, 5.41) is 13.5. The van der Waals surface area contributed by atoms with Gasteiger partial charge in [0.05, 0.1) is 11.1 Å². The molecule has 0 spiro atoms. The molecule has 0 saturated carbocycles. The minimum Gasteiger partial charge on any atom is -0.369 e. The molecule has 0 aliphatic carbocycles. The third-order valence-electron chi connectivity index (χ3n) is 7.41. The van der Waals surface area contributed by atoms with E-state index in [9.17, 15) is 9.59 Å². The number of nitrogens with one attached hydrogen (secondary N) is 4. The van der Waals surface area contributed by atoms with Gasteiger partial charge in [-0.2, -0.15) is 0 Å². The fraction of sp³-hybridized carbons (Fsp3) is 0.100. The summed E-state index contributed by atoms with van der Waals surface area (Å²) in [4.78, 5) is 33.6. The zero-order chi connectivity index (χ0) is 35.0. The number of hydrogen-bond donors (Lipinski definition) is 4. The zero-order valence-corrected chi connectivity index (χ0v) is 28.7. The van der Waals surface area contributed by atoms with Crippen LogP contribution in [0.2, 0.25) is 10.0 Å². The molecule has 2 heterocycles. The second-order valence-electron chi connectivity index (χ2n) is 11.0. The molecule has 252 valence electrons. The summed E-state index contributed by atoms with van der Waals surface area (Å²) in [6.07, 6.45) is 5.05. The van der Waals surface area contributed by atoms with Crippen molar-refractivity contribution < 1.29 is 9.59 Å². The van der Waals surface area contributed by atoms with Gasteiger partial charge in [-0.25, -0.2) is 9.97 Å². The van der Waals surface area contributed by atoms with Crippen LogP contribution in [0.4, 0.5) is 23.0 Å². The number of halogens is 2. The molecule has 0 fully saturated rings. The van der Waals surface area contributed by atoms with E-state index in [4.69, 9.17) is 23.2 Å². The Labute approximate surface area is 301 Å². The fourth-order valence-electron chi connectivity index (χ4n) is 4.86. The maximum Gasteiger partial charge on any atom is 0.259 e. The van der Waals surface area contributed by atoms with Crippen molar-refractivity contribution in [3.63, 3.8) is 0 Å². The SMILES string of the molecule is O=C(Nc1ccc(Cl)cc1)c1cccnc1NCCc1ccccc1.O=C(Nc1ccc(Cl)cc1)c1cccnc1NCCc1ccccc1. The molecule has 6 aromatic rings. The first kappa shape index (κ1) is 35.6. The van der Waals surface area contributed by atoms with Crippen LogP contribution in [0.3, 0.4) is 0 Å². The van der Waals surface area contributed by atoms with Crippen molar-refractivity contribution in [2.75, 3.05) is 34.4 Å². The molecular weight excluding hydrogens is 667 g/mol. The van der Waals surface area contributed by atoms with Crippen molar-refractivity contribution in [2.45, 2.75) is 12.8 Å². The van der Waals surface area contributed by atoms with E-state index in [1.807, 2.05) is 36.4 Å². The largest absolute Gasteiger partial charge is 0.369 e. The van der Waals surface area contributed by atoms with Gasteiger partial charge in [-0.1, -0.05) is 83.9 Å². The van der Waals surface area contributed by atoms with E-state index >= 15 is 0 Å². The van der Waals surface area contributed by atoms with Gasteiger partial charge in [0.2, 0.25) is 0 Å². The van der Waals surface area contributed by atoms with Gasteiger partial charge >= 0.3 is 0 Å². The Balaban J connectivity index is 0.000000194. The van der Waals surface area contributed by atoms with Gasteiger partial charge < -0.3 is 21.3 Å². The van der Waals surface area contributed by atoms with Gasteiger partial charge in [0.15, 0.2) is 0 Å². The van der Waals surface area contributed by atoms with Crippen LogP contribution >= 0.6 is 23.2 Å². The molecule has 0 bridgehead atoms. The molecule has 10 heteroatoms. The molecule has 50 heavy (non-hydrogen) atoms. The van der Waals surface area contributed by atoms with E-state index in [1.165, 1.54) is 11.1 Å². The van der Waals surface area contributed by atoms with Crippen molar-refractivity contribution in [3.8, 4) is 0 Å².